The van der Waals surface area contributed by atoms with Crippen LogP contribution >= 0.6 is 0 Å². The molecular formula is C8H5N5. The Kier molecular flexibility index (Phi) is 1.73. The number of H-pyrrole nitrogens is 1. The minimum Gasteiger partial charge on any atom is -0.192 e. The molecule has 5 nitrogen and oxygen atoms in total. The largest absolute Gasteiger partial charge is 0.204 e. The van der Waals surface area contributed by atoms with Gasteiger partial charge in [0.05, 0.1) is 11.6 Å². The number of hydrogen-bond donors (Lipinski definition) is 1. The van der Waals surface area contributed by atoms with Gasteiger partial charge in [0.25, 0.3) is 0 Å². The number of aromatic nitrogens is 4. The number of rotatable bonds is 1. The van der Waals surface area contributed by atoms with Gasteiger partial charge in [-0.15, -0.1) is 10.2 Å². The lowest BCUT2D eigenvalue weighted by atomic mass is 10.1. The summed E-state index contributed by atoms with van der Waals surface area (Å²) in [7, 11) is 0. The molecule has 0 aliphatic rings. The number of tetrazole rings is 1. The van der Waals surface area contributed by atoms with E-state index >= 15 is 0 Å². The third-order valence-electron chi connectivity index (χ3n) is 1.62. The molecule has 0 amide bonds. The van der Waals surface area contributed by atoms with Gasteiger partial charge in [0, 0.05) is 5.56 Å². The van der Waals surface area contributed by atoms with Gasteiger partial charge in [0.2, 0.25) is 5.82 Å². The summed E-state index contributed by atoms with van der Waals surface area (Å²) in [6.45, 7) is 0. The van der Waals surface area contributed by atoms with Gasteiger partial charge in [-0.05, 0) is 29.5 Å². The first-order valence-electron chi connectivity index (χ1n) is 3.64. The van der Waals surface area contributed by atoms with E-state index in [-0.39, 0.29) is 0 Å². The Balaban J connectivity index is 2.40. The fourth-order valence-corrected chi connectivity index (χ4v) is 0.978. The number of hydrogen-bond acceptors (Lipinski definition) is 4. The van der Waals surface area contributed by atoms with Gasteiger partial charge < -0.3 is 0 Å². The smallest absolute Gasteiger partial charge is 0.192 e. The zero-order valence-corrected chi connectivity index (χ0v) is 6.60. The summed E-state index contributed by atoms with van der Waals surface area (Å²) in [5.41, 5.74) is 1.46. The van der Waals surface area contributed by atoms with Gasteiger partial charge in [0.15, 0.2) is 0 Å². The molecule has 2 aromatic rings. The molecule has 1 aromatic heterocycles. The van der Waals surface area contributed by atoms with E-state index in [9.17, 15) is 0 Å². The van der Waals surface area contributed by atoms with Crippen LogP contribution in [0.4, 0.5) is 0 Å². The number of aromatic amines is 1. The zero-order valence-electron chi connectivity index (χ0n) is 6.60. The summed E-state index contributed by atoms with van der Waals surface area (Å²) < 4.78 is 0. The fraction of sp³-hybridized carbons (Fsp3) is 0. The second kappa shape index (κ2) is 3.03. The Morgan fingerprint density at radius 3 is 2.54 bits per heavy atom. The molecule has 0 aliphatic heterocycles. The summed E-state index contributed by atoms with van der Waals surface area (Å²) >= 11 is 0. The van der Waals surface area contributed by atoms with Crippen molar-refractivity contribution in [1.29, 1.82) is 5.26 Å². The van der Waals surface area contributed by atoms with Gasteiger partial charge in [0.1, 0.15) is 0 Å². The molecule has 0 atom stereocenters. The van der Waals surface area contributed by atoms with Crippen molar-refractivity contribution in [2.45, 2.75) is 0 Å². The summed E-state index contributed by atoms with van der Waals surface area (Å²) in [6, 6.07) is 9.03. The SMILES string of the molecule is N#Cc1ccc(-c2nn[nH]n2)cc1. The van der Waals surface area contributed by atoms with Crippen LogP contribution in [0.1, 0.15) is 5.56 Å². The zero-order chi connectivity index (χ0) is 9.10. The second-order valence-corrected chi connectivity index (χ2v) is 2.42. The van der Waals surface area contributed by atoms with Crippen LogP contribution in [0.25, 0.3) is 11.4 Å². The summed E-state index contributed by atoms with van der Waals surface area (Å²) in [5.74, 6) is 0.532. The molecule has 13 heavy (non-hydrogen) atoms. The fourth-order valence-electron chi connectivity index (χ4n) is 0.978. The summed E-state index contributed by atoms with van der Waals surface area (Å²) in [5, 5.41) is 22.0. The quantitative estimate of drug-likeness (QED) is 0.686. The van der Waals surface area contributed by atoms with Crippen molar-refractivity contribution in [2.75, 3.05) is 0 Å². The molecule has 1 aromatic carbocycles. The minimum absolute atomic E-state index is 0.532. The first-order valence-corrected chi connectivity index (χ1v) is 3.64. The average molecular weight is 171 g/mol. The third kappa shape index (κ3) is 1.37. The first-order chi connectivity index (χ1) is 6.40. The third-order valence-corrected chi connectivity index (χ3v) is 1.62. The first kappa shape index (κ1) is 7.43. The van der Waals surface area contributed by atoms with Crippen LogP contribution in [-0.4, -0.2) is 20.6 Å². The van der Waals surface area contributed by atoms with Gasteiger partial charge in [-0.25, -0.2) is 0 Å². The van der Waals surface area contributed by atoms with Gasteiger partial charge >= 0.3 is 0 Å². The number of nitrogens with zero attached hydrogens (tertiary/aromatic N) is 4. The predicted molar refractivity (Wildman–Crippen MR) is 44.3 cm³/mol. The maximum Gasteiger partial charge on any atom is 0.204 e. The highest BCUT2D eigenvalue weighted by Crippen LogP contribution is 2.12. The average Bonchev–Trinajstić information content (AvgIpc) is 2.71. The van der Waals surface area contributed by atoms with Crippen molar-refractivity contribution in [3.05, 3.63) is 29.8 Å². The van der Waals surface area contributed by atoms with Crippen molar-refractivity contribution < 1.29 is 0 Å². The highest BCUT2D eigenvalue weighted by molar-refractivity contribution is 5.55. The van der Waals surface area contributed by atoms with E-state index in [2.05, 4.69) is 20.6 Å². The van der Waals surface area contributed by atoms with E-state index in [1.807, 2.05) is 6.07 Å². The standard InChI is InChI=1S/C8H5N5/c9-5-6-1-3-7(4-2-6)8-10-12-13-11-8/h1-4H,(H,10,11,12,13). The maximum atomic E-state index is 8.56. The summed E-state index contributed by atoms with van der Waals surface area (Å²) in [4.78, 5) is 0. The Bertz CT molecular complexity index is 423. The second-order valence-electron chi connectivity index (χ2n) is 2.42. The Morgan fingerprint density at radius 1 is 1.23 bits per heavy atom. The van der Waals surface area contributed by atoms with E-state index in [0.717, 1.165) is 5.56 Å². The van der Waals surface area contributed by atoms with Crippen molar-refractivity contribution in [1.82, 2.24) is 20.6 Å². The molecule has 0 saturated heterocycles. The van der Waals surface area contributed by atoms with E-state index in [1.54, 1.807) is 24.3 Å². The maximum absolute atomic E-state index is 8.56. The number of benzene rings is 1. The van der Waals surface area contributed by atoms with Crippen LogP contribution in [0.5, 0.6) is 0 Å². The molecule has 2 rings (SSSR count). The lowest BCUT2D eigenvalue weighted by Gasteiger charge is -1.92. The molecule has 0 fully saturated rings. The van der Waals surface area contributed by atoms with Crippen molar-refractivity contribution >= 4 is 0 Å². The van der Waals surface area contributed by atoms with E-state index < -0.39 is 0 Å². The van der Waals surface area contributed by atoms with Gasteiger partial charge in [-0.1, -0.05) is 0 Å². The Morgan fingerprint density at radius 2 is 2.00 bits per heavy atom. The lowest BCUT2D eigenvalue weighted by Crippen LogP contribution is -1.81. The van der Waals surface area contributed by atoms with Gasteiger partial charge in [-0.2, -0.15) is 10.5 Å². The molecule has 0 unspecified atom stereocenters. The molecule has 0 aliphatic carbocycles. The van der Waals surface area contributed by atoms with Crippen molar-refractivity contribution in [3.63, 3.8) is 0 Å². The Labute approximate surface area is 74.0 Å². The highest BCUT2D eigenvalue weighted by Gasteiger charge is 2.01. The van der Waals surface area contributed by atoms with Crippen molar-refractivity contribution in [3.8, 4) is 17.5 Å². The van der Waals surface area contributed by atoms with Crippen LogP contribution in [0, 0.1) is 11.3 Å². The predicted octanol–water partition coefficient (Wildman–Crippen LogP) is 0.738. The molecule has 1 N–H and O–H groups in total. The van der Waals surface area contributed by atoms with Crippen molar-refractivity contribution in [2.24, 2.45) is 0 Å². The number of nitriles is 1. The van der Waals surface area contributed by atoms with E-state index in [1.165, 1.54) is 0 Å². The van der Waals surface area contributed by atoms with Crippen LogP contribution in [0.3, 0.4) is 0 Å². The lowest BCUT2D eigenvalue weighted by molar-refractivity contribution is 0.881. The van der Waals surface area contributed by atoms with Crippen LogP contribution in [0.2, 0.25) is 0 Å². The Hall–Kier alpha value is -2.22. The normalized spacial score (nSPS) is 9.46. The molecule has 5 heteroatoms. The molecule has 0 spiro atoms. The monoisotopic (exact) mass is 171 g/mol. The van der Waals surface area contributed by atoms with E-state index in [0.29, 0.717) is 11.4 Å². The molecular weight excluding hydrogens is 166 g/mol. The molecule has 62 valence electrons. The molecule has 0 saturated carbocycles. The summed E-state index contributed by atoms with van der Waals surface area (Å²) in [6.07, 6.45) is 0. The van der Waals surface area contributed by atoms with Crippen LogP contribution in [-0.2, 0) is 0 Å². The molecule has 1 heterocycles. The minimum atomic E-state index is 0.532. The van der Waals surface area contributed by atoms with Gasteiger partial charge in [-0.3, -0.25) is 0 Å². The van der Waals surface area contributed by atoms with E-state index in [4.69, 9.17) is 5.26 Å². The van der Waals surface area contributed by atoms with Crippen LogP contribution in [0.15, 0.2) is 24.3 Å². The highest BCUT2D eigenvalue weighted by atomic mass is 15.5. The topological polar surface area (TPSA) is 78.2 Å². The molecule has 0 bridgehead atoms. The number of nitrogens with one attached hydrogen (secondary N) is 1. The molecule has 0 radical (unpaired) electrons. The van der Waals surface area contributed by atoms with Crippen LogP contribution < -0.4 is 0 Å².